The molecule has 3 heterocycles. The van der Waals surface area contributed by atoms with Crippen LogP contribution in [-0.2, 0) is 9.53 Å². The minimum atomic E-state index is -0.538. The first-order valence-electron chi connectivity index (χ1n) is 11.2. The van der Waals surface area contributed by atoms with E-state index in [1.165, 1.54) is 17.7 Å². The van der Waals surface area contributed by atoms with Gasteiger partial charge in [0.25, 0.3) is 0 Å². The van der Waals surface area contributed by atoms with Gasteiger partial charge in [-0.25, -0.2) is 9.18 Å². The number of halogens is 1. The van der Waals surface area contributed by atoms with Crippen LogP contribution >= 0.6 is 0 Å². The summed E-state index contributed by atoms with van der Waals surface area (Å²) in [5, 5.41) is 1.06. The molecule has 1 N–H and O–H groups in total. The number of nitrogens with one attached hydrogen (secondary N) is 1. The van der Waals surface area contributed by atoms with Crippen molar-refractivity contribution in [2.75, 3.05) is 26.2 Å². The number of piperidine rings is 2. The first-order valence-corrected chi connectivity index (χ1v) is 11.2. The van der Waals surface area contributed by atoms with E-state index in [9.17, 15) is 14.0 Å². The molecule has 0 aliphatic carbocycles. The number of rotatable bonds is 2. The van der Waals surface area contributed by atoms with Crippen LogP contribution in [0.4, 0.5) is 9.18 Å². The lowest BCUT2D eigenvalue weighted by atomic mass is 9.88. The highest BCUT2D eigenvalue weighted by Crippen LogP contribution is 2.34. The minimum Gasteiger partial charge on any atom is -0.444 e. The van der Waals surface area contributed by atoms with E-state index in [0.29, 0.717) is 32.1 Å². The van der Waals surface area contributed by atoms with Crippen molar-refractivity contribution in [1.29, 1.82) is 0 Å². The maximum absolute atomic E-state index is 13.5. The topological polar surface area (TPSA) is 65.6 Å². The number of benzene rings is 1. The van der Waals surface area contributed by atoms with E-state index in [4.69, 9.17) is 4.74 Å². The second kappa shape index (κ2) is 8.52. The number of H-pyrrole nitrogens is 1. The molecule has 31 heavy (non-hydrogen) atoms. The number of carbonyl (C=O) groups excluding carboxylic acids is 2. The summed E-state index contributed by atoms with van der Waals surface area (Å²) < 4.78 is 19.0. The van der Waals surface area contributed by atoms with Gasteiger partial charge < -0.3 is 19.5 Å². The lowest BCUT2D eigenvalue weighted by molar-refractivity contribution is -0.138. The Hall–Kier alpha value is -2.57. The van der Waals surface area contributed by atoms with E-state index < -0.39 is 5.60 Å². The van der Waals surface area contributed by atoms with Crippen molar-refractivity contribution in [2.24, 2.45) is 5.92 Å². The molecule has 2 aromatic rings. The molecule has 7 heteroatoms. The molecular formula is C24H32FN3O3. The Balaban J connectivity index is 1.35. The van der Waals surface area contributed by atoms with Crippen molar-refractivity contribution in [2.45, 2.75) is 58.0 Å². The zero-order valence-electron chi connectivity index (χ0n) is 18.6. The highest BCUT2D eigenvalue weighted by Gasteiger charge is 2.34. The Morgan fingerprint density at radius 2 is 1.84 bits per heavy atom. The van der Waals surface area contributed by atoms with Crippen LogP contribution in [0.25, 0.3) is 10.9 Å². The third-order valence-corrected chi connectivity index (χ3v) is 6.34. The monoisotopic (exact) mass is 429 g/mol. The number of ether oxygens (including phenoxy) is 1. The van der Waals surface area contributed by atoms with E-state index in [0.717, 1.165) is 36.6 Å². The fourth-order valence-electron chi connectivity index (χ4n) is 4.80. The molecule has 6 nitrogen and oxygen atoms in total. The summed E-state index contributed by atoms with van der Waals surface area (Å²) in [5.74, 6) is 0.101. The maximum Gasteiger partial charge on any atom is 0.410 e. The van der Waals surface area contributed by atoms with E-state index in [1.807, 2.05) is 37.9 Å². The Kier molecular flexibility index (Phi) is 5.95. The van der Waals surface area contributed by atoms with Crippen LogP contribution in [0.15, 0.2) is 24.4 Å². The Bertz CT molecular complexity index is 957. The normalized spacial score (nSPS) is 20.8. The molecule has 168 valence electrons. The van der Waals surface area contributed by atoms with Gasteiger partial charge >= 0.3 is 6.09 Å². The third-order valence-electron chi connectivity index (χ3n) is 6.34. The lowest BCUT2D eigenvalue weighted by Gasteiger charge is -2.38. The van der Waals surface area contributed by atoms with Gasteiger partial charge in [0.15, 0.2) is 0 Å². The van der Waals surface area contributed by atoms with Crippen molar-refractivity contribution in [3.05, 3.63) is 35.8 Å². The van der Waals surface area contributed by atoms with Crippen LogP contribution in [0.2, 0.25) is 0 Å². The van der Waals surface area contributed by atoms with Gasteiger partial charge in [0, 0.05) is 43.3 Å². The van der Waals surface area contributed by atoms with Crippen LogP contribution in [-0.4, -0.2) is 58.6 Å². The van der Waals surface area contributed by atoms with Gasteiger partial charge in [-0.1, -0.05) is 0 Å². The average Bonchev–Trinajstić information content (AvgIpc) is 3.15. The van der Waals surface area contributed by atoms with E-state index in [-0.39, 0.29) is 23.7 Å². The molecule has 0 spiro atoms. The SMILES string of the molecule is CC(C)(C)OC(=O)N1CCCC(C(=O)N2CCC(c3c[nH]c4cc(F)ccc34)CC2)C1. The smallest absolute Gasteiger partial charge is 0.410 e. The van der Waals surface area contributed by atoms with Crippen LogP contribution in [0.5, 0.6) is 0 Å². The Labute approximate surface area is 182 Å². The summed E-state index contributed by atoms with van der Waals surface area (Å²) in [6.45, 7) is 8.05. The molecule has 4 rings (SSSR count). The minimum absolute atomic E-state index is 0.146. The lowest BCUT2D eigenvalue weighted by Crippen LogP contribution is -2.49. The number of nitrogens with zero attached hydrogens (tertiary/aromatic N) is 2. The second-order valence-corrected chi connectivity index (χ2v) is 9.80. The van der Waals surface area contributed by atoms with Gasteiger partial charge in [-0.2, -0.15) is 0 Å². The fraction of sp³-hybridized carbons (Fsp3) is 0.583. The van der Waals surface area contributed by atoms with Crippen molar-refractivity contribution >= 4 is 22.9 Å². The van der Waals surface area contributed by atoms with Gasteiger partial charge in [-0.15, -0.1) is 0 Å². The van der Waals surface area contributed by atoms with Gasteiger partial charge in [0.2, 0.25) is 5.91 Å². The highest BCUT2D eigenvalue weighted by atomic mass is 19.1. The quantitative estimate of drug-likeness (QED) is 0.755. The summed E-state index contributed by atoms with van der Waals surface area (Å²) in [7, 11) is 0. The largest absolute Gasteiger partial charge is 0.444 e. The summed E-state index contributed by atoms with van der Waals surface area (Å²) in [4.78, 5) is 32.4. The van der Waals surface area contributed by atoms with Crippen molar-refractivity contribution in [3.8, 4) is 0 Å². The second-order valence-electron chi connectivity index (χ2n) is 9.80. The predicted octanol–water partition coefficient (Wildman–Crippen LogP) is 4.66. The number of amides is 2. The number of likely N-dealkylation sites (tertiary alicyclic amines) is 2. The average molecular weight is 430 g/mol. The molecule has 1 unspecified atom stereocenters. The van der Waals surface area contributed by atoms with E-state index in [1.54, 1.807) is 4.90 Å². The molecule has 2 aliphatic rings. The Morgan fingerprint density at radius 1 is 1.10 bits per heavy atom. The van der Waals surface area contributed by atoms with Gasteiger partial charge in [0.1, 0.15) is 11.4 Å². The molecule has 1 aromatic carbocycles. The Morgan fingerprint density at radius 3 is 2.55 bits per heavy atom. The van der Waals surface area contributed by atoms with Crippen LogP contribution in [0.3, 0.4) is 0 Å². The van der Waals surface area contributed by atoms with Gasteiger partial charge in [-0.05, 0) is 76.1 Å². The number of hydrogen-bond acceptors (Lipinski definition) is 3. The predicted molar refractivity (Wildman–Crippen MR) is 117 cm³/mol. The summed E-state index contributed by atoms with van der Waals surface area (Å²) in [6.07, 6.45) is 5.05. The summed E-state index contributed by atoms with van der Waals surface area (Å²) >= 11 is 0. The zero-order valence-corrected chi connectivity index (χ0v) is 18.6. The number of hydrogen-bond donors (Lipinski definition) is 1. The first kappa shape index (κ1) is 21.7. The number of fused-ring (bicyclic) bond motifs is 1. The van der Waals surface area contributed by atoms with Gasteiger partial charge in [0.05, 0.1) is 5.92 Å². The molecule has 0 bridgehead atoms. The van der Waals surface area contributed by atoms with Crippen molar-refractivity contribution in [3.63, 3.8) is 0 Å². The summed E-state index contributed by atoms with van der Waals surface area (Å²) in [5.41, 5.74) is 1.48. The third kappa shape index (κ3) is 4.86. The van der Waals surface area contributed by atoms with Crippen molar-refractivity contribution in [1.82, 2.24) is 14.8 Å². The molecule has 0 saturated carbocycles. The molecule has 1 atom stereocenters. The molecule has 0 radical (unpaired) electrons. The van der Waals surface area contributed by atoms with E-state index >= 15 is 0 Å². The first-order chi connectivity index (χ1) is 14.7. The van der Waals surface area contributed by atoms with E-state index in [2.05, 4.69) is 4.98 Å². The molecule has 2 fully saturated rings. The molecule has 1 aromatic heterocycles. The molecule has 2 saturated heterocycles. The van der Waals surface area contributed by atoms with Gasteiger partial charge in [-0.3, -0.25) is 4.79 Å². The van der Waals surface area contributed by atoms with Crippen molar-refractivity contribution < 1.29 is 18.7 Å². The highest BCUT2D eigenvalue weighted by molar-refractivity contribution is 5.84. The molecule has 2 amide bonds. The van der Waals surface area contributed by atoms with Crippen LogP contribution < -0.4 is 0 Å². The number of carbonyl (C=O) groups is 2. The standard InChI is InChI=1S/C24H32FN3O3/c1-24(2,3)31-23(30)28-10-4-5-17(15-28)22(29)27-11-8-16(9-12-27)20-14-26-21-13-18(25)6-7-19(20)21/h6-7,13-14,16-17,26H,4-5,8-12,15H2,1-3H3. The number of aromatic nitrogens is 1. The summed E-state index contributed by atoms with van der Waals surface area (Å²) in [6, 6.07) is 4.86. The molecule has 2 aliphatic heterocycles. The zero-order chi connectivity index (χ0) is 22.2. The number of aromatic amines is 1. The van der Waals surface area contributed by atoms with Crippen LogP contribution in [0.1, 0.15) is 57.9 Å². The van der Waals surface area contributed by atoms with Crippen LogP contribution in [0, 0.1) is 11.7 Å². The fourth-order valence-corrected chi connectivity index (χ4v) is 4.80. The molecular weight excluding hydrogens is 397 g/mol. The maximum atomic E-state index is 13.5.